The summed E-state index contributed by atoms with van der Waals surface area (Å²) in [6, 6.07) is 7.93. The van der Waals surface area contributed by atoms with Crippen molar-refractivity contribution in [1.29, 1.82) is 0 Å². The summed E-state index contributed by atoms with van der Waals surface area (Å²) in [6.45, 7) is 2.01. The number of anilines is 1. The minimum Gasteiger partial charge on any atom is -0.497 e. The maximum absolute atomic E-state index is 12.2. The Labute approximate surface area is 158 Å². The number of aromatic nitrogens is 1. The molecule has 0 aliphatic heterocycles. The maximum atomic E-state index is 12.2. The van der Waals surface area contributed by atoms with Gasteiger partial charge in [0.05, 0.1) is 12.8 Å². The normalized spacial score (nSPS) is 19.3. The average Bonchev–Trinajstić information content (AvgIpc) is 3.13. The monoisotopic (exact) mass is 381 g/mol. The second-order valence-electron chi connectivity index (χ2n) is 6.26. The lowest BCUT2D eigenvalue weighted by molar-refractivity contribution is -0.117. The van der Waals surface area contributed by atoms with Crippen molar-refractivity contribution in [2.75, 3.05) is 12.4 Å². The second kappa shape index (κ2) is 8.65. The number of aryl methyl sites for hydroxylation is 1. The van der Waals surface area contributed by atoms with Crippen LogP contribution >= 0.6 is 23.7 Å². The Balaban J connectivity index is 0.00000225. The van der Waals surface area contributed by atoms with Crippen molar-refractivity contribution < 1.29 is 9.53 Å². The molecule has 1 saturated carbocycles. The first-order valence-corrected chi connectivity index (χ1v) is 9.05. The van der Waals surface area contributed by atoms with E-state index in [9.17, 15) is 4.79 Å². The lowest BCUT2D eigenvalue weighted by Gasteiger charge is -2.13. The number of carbonyl (C=O) groups is 1. The predicted molar refractivity (Wildman–Crippen MR) is 105 cm³/mol. The molecule has 2 atom stereocenters. The summed E-state index contributed by atoms with van der Waals surface area (Å²) in [5.41, 5.74) is 7.96. The molecule has 1 aliphatic rings. The number of benzene rings is 1. The Bertz CT molecular complexity index is 718. The first-order chi connectivity index (χ1) is 11.6. The molecule has 1 aliphatic carbocycles. The molecule has 1 amide bonds. The number of hydrogen-bond donors (Lipinski definition) is 2. The Hall–Kier alpha value is -1.63. The van der Waals surface area contributed by atoms with Gasteiger partial charge in [0.2, 0.25) is 5.91 Å². The zero-order valence-corrected chi connectivity index (χ0v) is 16.1. The number of ether oxygens (including phenoxy) is 1. The average molecular weight is 382 g/mol. The fourth-order valence-electron chi connectivity index (χ4n) is 3.19. The van der Waals surface area contributed by atoms with Crippen LogP contribution in [0.25, 0.3) is 11.3 Å². The van der Waals surface area contributed by atoms with Gasteiger partial charge >= 0.3 is 0 Å². The van der Waals surface area contributed by atoms with Crippen LogP contribution in [0, 0.1) is 12.8 Å². The Morgan fingerprint density at radius 1 is 1.36 bits per heavy atom. The van der Waals surface area contributed by atoms with Crippen molar-refractivity contribution in [1.82, 2.24) is 4.98 Å². The predicted octanol–water partition coefficient (Wildman–Crippen LogP) is 4.00. The zero-order valence-electron chi connectivity index (χ0n) is 14.5. The van der Waals surface area contributed by atoms with Crippen LogP contribution in [0.1, 0.15) is 30.6 Å². The summed E-state index contributed by atoms with van der Waals surface area (Å²) >= 11 is 1.50. The number of methoxy groups -OCH3 is 1. The molecule has 1 aromatic heterocycles. The molecular weight excluding hydrogens is 358 g/mol. The van der Waals surface area contributed by atoms with E-state index >= 15 is 0 Å². The first kappa shape index (κ1) is 19.7. The minimum atomic E-state index is 0. The number of rotatable bonds is 5. The molecule has 2 aromatic rings. The van der Waals surface area contributed by atoms with E-state index in [4.69, 9.17) is 10.5 Å². The van der Waals surface area contributed by atoms with Crippen LogP contribution in [0.5, 0.6) is 5.75 Å². The highest BCUT2D eigenvalue weighted by molar-refractivity contribution is 7.16. The summed E-state index contributed by atoms with van der Waals surface area (Å²) < 4.78 is 5.18. The van der Waals surface area contributed by atoms with Crippen LogP contribution in [0.3, 0.4) is 0 Å². The van der Waals surface area contributed by atoms with E-state index in [0.717, 1.165) is 41.1 Å². The third-order valence-electron chi connectivity index (χ3n) is 4.57. The van der Waals surface area contributed by atoms with Crippen LogP contribution in [-0.4, -0.2) is 24.0 Å². The molecule has 3 N–H and O–H groups in total. The summed E-state index contributed by atoms with van der Waals surface area (Å²) in [6.07, 6.45) is 3.67. The molecule has 0 radical (unpaired) electrons. The Kier molecular flexibility index (Phi) is 6.81. The van der Waals surface area contributed by atoms with Gasteiger partial charge in [-0.25, -0.2) is 4.98 Å². The van der Waals surface area contributed by atoms with Gasteiger partial charge in [0, 0.05) is 22.9 Å². The Morgan fingerprint density at radius 3 is 2.68 bits per heavy atom. The summed E-state index contributed by atoms with van der Waals surface area (Å²) in [7, 11) is 1.65. The van der Waals surface area contributed by atoms with Gasteiger partial charge in [0.1, 0.15) is 5.75 Å². The highest BCUT2D eigenvalue weighted by Gasteiger charge is 2.26. The number of hydrogen-bond acceptors (Lipinski definition) is 5. The third-order valence-corrected chi connectivity index (χ3v) is 5.46. The van der Waals surface area contributed by atoms with Crippen molar-refractivity contribution in [3.63, 3.8) is 0 Å². The lowest BCUT2D eigenvalue weighted by atomic mass is 10.00. The van der Waals surface area contributed by atoms with Gasteiger partial charge in [-0.15, -0.1) is 23.7 Å². The van der Waals surface area contributed by atoms with Crippen molar-refractivity contribution in [3.05, 3.63) is 29.1 Å². The highest BCUT2D eigenvalue weighted by atomic mass is 35.5. The molecule has 0 bridgehead atoms. The molecule has 7 heteroatoms. The number of nitrogens with two attached hydrogens (primary N) is 1. The van der Waals surface area contributed by atoms with Gasteiger partial charge in [0.25, 0.3) is 0 Å². The second-order valence-corrected chi connectivity index (χ2v) is 7.46. The van der Waals surface area contributed by atoms with Gasteiger partial charge < -0.3 is 15.8 Å². The molecule has 136 valence electrons. The SMILES string of the molecule is COc1ccc(-c2nc(NC(=O)C[C@@H]3CCC[C@H]3N)sc2C)cc1.Cl. The molecule has 0 unspecified atom stereocenters. The molecule has 0 spiro atoms. The van der Waals surface area contributed by atoms with E-state index < -0.39 is 0 Å². The number of amides is 1. The van der Waals surface area contributed by atoms with Crippen molar-refractivity contribution >= 4 is 34.8 Å². The van der Waals surface area contributed by atoms with Gasteiger partial charge in [-0.2, -0.15) is 0 Å². The number of thiazole rings is 1. The van der Waals surface area contributed by atoms with E-state index in [-0.39, 0.29) is 24.4 Å². The zero-order chi connectivity index (χ0) is 17.1. The maximum Gasteiger partial charge on any atom is 0.226 e. The van der Waals surface area contributed by atoms with Gasteiger partial charge in [-0.1, -0.05) is 6.42 Å². The van der Waals surface area contributed by atoms with Crippen LogP contribution in [-0.2, 0) is 4.79 Å². The highest BCUT2D eigenvalue weighted by Crippen LogP contribution is 2.32. The molecule has 1 fully saturated rings. The number of nitrogens with zero attached hydrogens (tertiary/aromatic N) is 1. The van der Waals surface area contributed by atoms with Crippen molar-refractivity contribution in [3.8, 4) is 17.0 Å². The lowest BCUT2D eigenvalue weighted by Crippen LogP contribution is -2.28. The van der Waals surface area contributed by atoms with Crippen LogP contribution < -0.4 is 15.8 Å². The number of nitrogens with one attached hydrogen (secondary N) is 1. The number of halogens is 1. The van der Waals surface area contributed by atoms with E-state index in [0.29, 0.717) is 17.5 Å². The fraction of sp³-hybridized carbons (Fsp3) is 0.444. The van der Waals surface area contributed by atoms with Crippen LogP contribution in [0.15, 0.2) is 24.3 Å². The molecule has 1 heterocycles. The molecule has 0 saturated heterocycles. The summed E-state index contributed by atoms with van der Waals surface area (Å²) in [5, 5.41) is 3.58. The topological polar surface area (TPSA) is 77.2 Å². The third kappa shape index (κ3) is 4.71. The summed E-state index contributed by atoms with van der Waals surface area (Å²) in [4.78, 5) is 17.9. The largest absolute Gasteiger partial charge is 0.497 e. The van der Waals surface area contributed by atoms with Crippen LogP contribution in [0.4, 0.5) is 5.13 Å². The molecular formula is C18H24ClN3O2S. The Morgan fingerprint density at radius 2 is 2.08 bits per heavy atom. The van der Waals surface area contributed by atoms with Crippen molar-refractivity contribution in [2.24, 2.45) is 11.7 Å². The minimum absolute atomic E-state index is 0. The standard InChI is InChI=1S/C18H23N3O2S.ClH/c1-11-17(12-6-8-14(23-2)9-7-12)21-18(24-11)20-16(22)10-13-4-3-5-15(13)19;/h6-9,13,15H,3-5,10,19H2,1-2H3,(H,20,21,22);1H/t13-,15+;/m0./s1. The fourth-order valence-corrected chi connectivity index (χ4v) is 4.05. The molecule has 25 heavy (non-hydrogen) atoms. The van der Waals surface area contributed by atoms with Gasteiger partial charge in [-0.05, 0) is 49.9 Å². The quantitative estimate of drug-likeness (QED) is 0.820. The van der Waals surface area contributed by atoms with Crippen LogP contribution in [0.2, 0.25) is 0 Å². The van der Waals surface area contributed by atoms with E-state index in [2.05, 4.69) is 10.3 Å². The summed E-state index contributed by atoms with van der Waals surface area (Å²) in [5.74, 6) is 1.12. The number of carbonyl (C=O) groups excluding carboxylic acids is 1. The van der Waals surface area contributed by atoms with Gasteiger partial charge in [-0.3, -0.25) is 4.79 Å². The molecule has 1 aromatic carbocycles. The van der Waals surface area contributed by atoms with Crippen molar-refractivity contribution in [2.45, 2.75) is 38.6 Å². The van der Waals surface area contributed by atoms with E-state index in [1.165, 1.54) is 11.3 Å². The molecule has 3 rings (SSSR count). The van der Waals surface area contributed by atoms with E-state index in [1.807, 2.05) is 31.2 Å². The molecule has 5 nitrogen and oxygen atoms in total. The smallest absolute Gasteiger partial charge is 0.226 e. The van der Waals surface area contributed by atoms with E-state index in [1.54, 1.807) is 7.11 Å². The van der Waals surface area contributed by atoms with Gasteiger partial charge in [0.15, 0.2) is 5.13 Å². The first-order valence-electron chi connectivity index (χ1n) is 8.24.